The summed E-state index contributed by atoms with van der Waals surface area (Å²) < 4.78 is 0. The van der Waals surface area contributed by atoms with Crippen molar-refractivity contribution >= 4 is 5.91 Å². The summed E-state index contributed by atoms with van der Waals surface area (Å²) in [5, 5.41) is 3.12. The zero-order chi connectivity index (χ0) is 13.4. The minimum absolute atomic E-state index is 0.0418. The molecule has 0 heterocycles. The van der Waals surface area contributed by atoms with E-state index >= 15 is 0 Å². The van der Waals surface area contributed by atoms with Gasteiger partial charge in [0.15, 0.2) is 0 Å². The zero-order valence-electron chi connectivity index (χ0n) is 12.1. The van der Waals surface area contributed by atoms with Crippen molar-refractivity contribution in [2.45, 2.75) is 83.7 Å². The number of rotatable bonds is 6. The van der Waals surface area contributed by atoms with Gasteiger partial charge in [-0.2, -0.15) is 0 Å². The second-order valence-corrected chi connectivity index (χ2v) is 5.80. The minimum atomic E-state index is -0.321. The number of unbranched alkanes of at least 4 members (excludes halogenated alkanes) is 1. The fourth-order valence-corrected chi connectivity index (χ4v) is 2.82. The van der Waals surface area contributed by atoms with E-state index in [0.717, 1.165) is 19.3 Å². The Morgan fingerprint density at radius 2 is 1.89 bits per heavy atom. The Kier molecular flexibility index (Phi) is 7.33. The van der Waals surface area contributed by atoms with Crippen LogP contribution >= 0.6 is 0 Å². The molecule has 3 nitrogen and oxygen atoms in total. The molecule has 18 heavy (non-hydrogen) atoms. The predicted molar refractivity (Wildman–Crippen MR) is 76.3 cm³/mol. The first kappa shape index (κ1) is 15.5. The summed E-state index contributed by atoms with van der Waals surface area (Å²) in [6.07, 6.45) is 10.8. The lowest BCUT2D eigenvalue weighted by molar-refractivity contribution is -0.123. The van der Waals surface area contributed by atoms with Gasteiger partial charge in [-0.15, -0.1) is 0 Å². The monoisotopic (exact) mass is 254 g/mol. The summed E-state index contributed by atoms with van der Waals surface area (Å²) in [7, 11) is 0. The highest BCUT2D eigenvalue weighted by Crippen LogP contribution is 2.25. The van der Waals surface area contributed by atoms with Gasteiger partial charge in [0.25, 0.3) is 0 Å². The second-order valence-electron chi connectivity index (χ2n) is 5.80. The van der Waals surface area contributed by atoms with Crippen LogP contribution < -0.4 is 11.1 Å². The lowest BCUT2D eigenvalue weighted by atomic mass is 9.92. The Balaban J connectivity index is 2.32. The maximum atomic E-state index is 12.0. The first-order valence-corrected chi connectivity index (χ1v) is 7.71. The van der Waals surface area contributed by atoms with E-state index in [0.29, 0.717) is 5.92 Å². The van der Waals surface area contributed by atoms with Gasteiger partial charge in [-0.3, -0.25) is 4.79 Å². The summed E-state index contributed by atoms with van der Waals surface area (Å²) >= 11 is 0. The van der Waals surface area contributed by atoms with Gasteiger partial charge in [0.05, 0.1) is 6.04 Å². The van der Waals surface area contributed by atoms with E-state index < -0.39 is 0 Å². The molecule has 0 bridgehead atoms. The molecular weight excluding hydrogens is 224 g/mol. The fourth-order valence-electron chi connectivity index (χ4n) is 2.82. The van der Waals surface area contributed by atoms with Crippen molar-refractivity contribution in [3.63, 3.8) is 0 Å². The van der Waals surface area contributed by atoms with E-state index in [-0.39, 0.29) is 18.0 Å². The molecule has 1 rings (SSSR count). The summed E-state index contributed by atoms with van der Waals surface area (Å²) in [5.41, 5.74) is 5.90. The van der Waals surface area contributed by atoms with E-state index in [9.17, 15) is 4.79 Å². The molecule has 1 aliphatic carbocycles. The first-order chi connectivity index (χ1) is 8.65. The van der Waals surface area contributed by atoms with Gasteiger partial charge in [0, 0.05) is 6.04 Å². The summed E-state index contributed by atoms with van der Waals surface area (Å²) in [5.74, 6) is 0.690. The van der Waals surface area contributed by atoms with Crippen LogP contribution in [0.5, 0.6) is 0 Å². The average Bonchev–Trinajstić information content (AvgIpc) is 2.64. The third-order valence-electron chi connectivity index (χ3n) is 4.18. The van der Waals surface area contributed by atoms with Crippen molar-refractivity contribution in [2.24, 2.45) is 11.7 Å². The van der Waals surface area contributed by atoms with Crippen LogP contribution in [0.15, 0.2) is 0 Å². The third kappa shape index (κ3) is 5.38. The SMILES string of the molecule is CCCC[C@H](N)C(=O)N[C@H](C)C1CCCCCC1. The molecule has 3 N–H and O–H groups in total. The molecule has 0 radical (unpaired) electrons. The number of hydrogen-bond acceptors (Lipinski definition) is 2. The van der Waals surface area contributed by atoms with Gasteiger partial charge in [-0.25, -0.2) is 0 Å². The van der Waals surface area contributed by atoms with Gasteiger partial charge in [-0.05, 0) is 32.1 Å². The molecule has 0 aromatic heterocycles. The van der Waals surface area contributed by atoms with Gasteiger partial charge in [-0.1, -0.05) is 45.4 Å². The maximum Gasteiger partial charge on any atom is 0.237 e. The highest BCUT2D eigenvalue weighted by Gasteiger charge is 2.22. The molecule has 3 heteroatoms. The van der Waals surface area contributed by atoms with Crippen molar-refractivity contribution in [3.05, 3.63) is 0 Å². The van der Waals surface area contributed by atoms with Crippen LogP contribution in [0.2, 0.25) is 0 Å². The summed E-state index contributed by atoms with van der Waals surface area (Å²) in [6, 6.07) is -0.0403. The normalized spacial score (nSPS) is 21.1. The number of hydrogen-bond donors (Lipinski definition) is 2. The van der Waals surface area contributed by atoms with Crippen LogP contribution in [0.3, 0.4) is 0 Å². The lowest BCUT2D eigenvalue weighted by Gasteiger charge is -2.25. The maximum absolute atomic E-state index is 12.0. The first-order valence-electron chi connectivity index (χ1n) is 7.71. The molecule has 0 saturated heterocycles. The molecule has 0 unspecified atom stereocenters. The third-order valence-corrected chi connectivity index (χ3v) is 4.18. The van der Waals surface area contributed by atoms with Crippen molar-refractivity contribution < 1.29 is 4.79 Å². The van der Waals surface area contributed by atoms with Crippen LogP contribution in [0.4, 0.5) is 0 Å². The molecule has 0 aromatic carbocycles. The van der Waals surface area contributed by atoms with E-state index in [4.69, 9.17) is 5.73 Å². The van der Waals surface area contributed by atoms with E-state index in [1.807, 2.05) is 0 Å². The second kappa shape index (κ2) is 8.52. The average molecular weight is 254 g/mol. The molecular formula is C15H30N2O. The smallest absolute Gasteiger partial charge is 0.237 e. The molecule has 1 amide bonds. The number of carbonyl (C=O) groups excluding carboxylic acids is 1. The van der Waals surface area contributed by atoms with Gasteiger partial charge < -0.3 is 11.1 Å². The number of nitrogens with two attached hydrogens (primary N) is 1. The van der Waals surface area contributed by atoms with Crippen molar-refractivity contribution in [1.29, 1.82) is 0 Å². The van der Waals surface area contributed by atoms with Crippen LogP contribution in [-0.2, 0) is 4.79 Å². The van der Waals surface area contributed by atoms with Gasteiger partial charge >= 0.3 is 0 Å². The van der Waals surface area contributed by atoms with E-state index in [1.54, 1.807) is 0 Å². The topological polar surface area (TPSA) is 55.1 Å². The highest BCUT2D eigenvalue weighted by atomic mass is 16.2. The predicted octanol–water partition coefficient (Wildman–Crippen LogP) is 2.98. The minimum Gasteiger partial charge on any atom is -0.352 e. The van der Waals surface area contributed by atoms with E-state index in [2.05, 4.69) is 19.2 Å². The van der Waals surface area contributed by atoms with Crippen molar-refractivity contribution in [3.8, 4) is 0 Å². The number of nitrogens with one attached hydrogen (secondary N) is 1. The van der Waals surface area contributed by atoms with Crippen molar-refractivity contribution in [2.75, 3.05) is 0 Å². The quantitative estimate of drug-likeness (QED) is 0.716. The largest absolute Gasteiger partial charge is 0.352 e. The Morgan fingerprint density at radius 1 is 1.28 bits per heavy atom. The standard InChI is InChI=1S/C15H30N2O/c1-3-4-11-14(16)15(18)17-12(2)13-9-7-5-6-8-10-13/h12-14H,3-11,16H2,1-2H3,(H,17,18)/t12-,14+/m1/s1. The molecule has 2 atom stereocenters. The molecule has 0 spiro atoms. The van der Waals surface area contributed by atoms with Crippen LogP contribution in [0, 0.1) is 5.92 Å². The fraction of sp³-hybridized carbons (Fsp3) is 0.933. The Labute approximate surface area is 112 Å². The van der Waals surface area contributed by atoms with Crippen LogP contribution in [0.25, 0.3) is 0 Å². The van der Waals surface area contributed by atoms with Gasteiger partial charge in [0.1, 0.15) is 0 Å². The number of carbonyl (C=O) groups is 1. The van der Waals surface area contributed by atoms with Crippen LogP contribution in [0.1, 0.15) is 71.6 Å². The zero-order valence-corrected chi connectivity index (χ0v) is 12.1. The molecule has 0 aromatic rings. The van der Waals surface area contributed by atoms with E-state index in [1.165, 1.54) is 38.5 Å². The van der Waals surface area contributed by atoms with Crippen molar-refractivity contribution in [1.82, 2.24) is 5.32 Å². The lowest BCUT2D eigenvalue weighted by Crippen LogP contribution is -2.46. The molecule has 1 aliphatic rings. The Hall–Kier alpha value is -0.570. The molecule has 106 valence electrons. The number of amides is 1. The highest BCUT2D eigenvalue weighted by molar-refractivity contribution is 5.81. The Bertz CT molecular complexity index is 235. The summed E-state index contributed by atoms with van der Waals surface area (Å²) in [4.78, 5) is 12.0. The van der Waals surface area contributed by atoms with Crippen LogP contribution in [-0.4, -0.2) is 18.0 Å². The Morgan fingerprint density at radius 3 is 2.44 bits per heavy atom. The summed E-state index contributed by atoms with van der Waals surface area (Å²) in [6.45, 7) is 4.26. The molecule has 1 saturated carbocycles. The van der Waals surface area contributed by atoms with Gasteiger partial charge in [0.2, 0.25) is 5.91 Å². The molecule has 0 aliphatic heterocycles. The molecule has 1 fully saturated rings.